The maximum Gasteiger partial charge on any atom is 0.225 e. The molecule has 0 spiro atoms. The Hall–Kier alpha value is -4.30. The zero-order valence-electron chi connectivity index (χ0n) is 21.4. The highest BCUT2D eigenvalue weighted by atomic mass is 32.2. The van der Waals surface area contributed by atoms with Crippen LogP contribution in [0.1, 0.15) is 12.1 Å². The van der Waals surface area contributed by atoms with Crippen molar-refractivity contribution in [2.24, 2.45) is 0 Å². The first kappa shape index (κ1) is 25.4. The number of thioether (sulfide) groups is 1. The molecule has 0 unspecified atom stereocenters. The van der Waals surface area contributed by atoms with Crippen LogP contribution in [0.5, 0.6) is 11.5 Å². The highest BCUT2D eigenvalue weighted by Gasteiger charge is 2.16. The quantitative estimate of drug-likeness (QED) is 0.208. The molecule has 0 bridgehead atoms. The third kappa shape index (κ3) is 5.65. The first-order valence-corrected chi connectivity index (χ1v) is 13.2. The van der Waals surface area contributed by atoms with Crippen LogP contribution in [0.15, 0.2) is 84.0 Å². The van der Waals surface area contributed by atoms with Gasteiger partial charge in [0.2, 0.25) is 5.91 Å². The zero-order valence-corrected chi connectivity index (χ0v) is 22.3. The second-order valence-electron chi connectivity index (χ2n) is 8.70. The minimum atomic E-state index is -0.0504. The van der Waals surface area contributed by atoms with Gasteiger partial charge in [0.05, 0.1) is 36.8 Å². The van der Waals surface area contributed by atoms with Crippen molar-refractivity contribution in [3.05, 3.63) is 84.6 Å². The van der Waals surface area contributed by atoms with Gasteiger partial charge in [0, 0.05) is 34.4 Å². The number of imidazole rings is 1. The molecule has 38 heavy (non-hydrogen) atoms. The van der Waals surface area contributed by atoms with Crippen LogP contribution in [0.2, 0.25) is 0 Å². The third-order valence-electron chi connectivity index (χ3n) is 6.11. The van der Waals surface area contributed by atoms with Crippen molar-refractivity contribution in [1.82, 2.24) is 15.0 Å². The van der Waals surface area contributed by atoms with E-state index in [9.17, 15) is 4.79 Å². The van der Waals surface area contributed by atoms with E-state index < -0.39 is 0 Å². The molecule has 0 aliphatic carbocycles. The standard InChI is InChI=1S/C30H28N4O3S/c1-19-18-26(24-6-4-5-7-25(24)31-19)32-27(35)16-17-38-30-33-28(20-8-12-22(36-2)13-9-20)29(34-30)21-10-14-23(37-3)15-11-21/h4-15,18H,16-17H2,1-3H3,(H,33,34)(H,31,32,35). The van der Waals surface area contributed by atoms with E-state index in [1.54, 1.807) is 14.2 Å². The molecular weight excluding hydrogens is 496 g/mol. The van der Waals surface area contributed by atoms with Crippen LogP contribution in [0.3, 0.4) is 0 Å². The van der Waals surface area contributed by atoms with Crippen molar-refractivity contribution in [1.29, 1.82) is 0 Å². The van der Waals surface area contributed by atoms with E-state index in [0.717, 1.165) is 61.5 Å². The molecule has 0 saturated heterocycles. The molecule has 2 N–H and O–H groups in total. The summed E-state index contributed by atoms with van der Waals surface area (Å²) in [6.07, 6.45) is 0.344. The fourth-order valence-electron chi connectivity index (χ4n) is 4.21. The zero-order chi connectivity index (χ0) is 26.5. The number of nitrogens with zero attached hydrogens (tertiary/aromatic N) is 2. The molecule has 8 heteroatoms. The molecule has 0 saturated carbocycles. The monoisotopic (exact) mass is 524 g/mol. The molecule has 5 aromatic rings. The number of aromatic amines is 1. The van der Waals surface area contributed by atoms with Gasteiger partial charge in [-0.25, -0.2) is 4.98 Å². The number of nitrogens with one attached hydrogen (secondary N) is 2. The summed E-state index contributed by atoms with van der Waals surface area (Å²) in [6.45, 7) is 1.93. The average molecular weight is 525 g/mol. The fraction of sp³-hybridized carbons (Fsp3) is 0.167. The number of fused-ring (bicyclic) bond motifs is 1. The minimum absolute atomic E-state index is 0.0504. The van der Waals surface area contributed by atoms with Crippen LogP contribution in [-0.4, -0.2) is 40.8 Å². The second-order valence-corrected chi connectivity index (χ2v) is 9.78. The highest BCUT2D eigenvalue weighted by Crippen LogP contribution is 2.34. The Balaban J connectivity index is 1.32. The Kier molecular flexibility index (Phi) is 7.60. The van der Waals surface area contributed by atoms with Crippen LogP contribution in [-0.2, 0) is 4.79 Å². The molecule has 0 radical (unpaired) electrons. The lowest BCUT2D eigenvalue weighted by atomic mass is 10.0. The molecule has 7 nitrogen and oxygen atoms in total. The molecule has 3 aromatic carbocycles. The van der Waals surface area contributed by atoms with E-state index in [2.05, 4.69) is 15.3 Å². The van der Waals surface area contributed by atoms with E-state index in [1.807, 2.05) is 85.8 Å². The van der Waals surface area contributed by atoms with Crippen molar-refractivity contribution in [2.45, 2.75) is 18.5 Å². The van der Waals surface area contributed by atoms with Crippen LogP contribution in [0.4, 0.5) is 5.69 Å². The van der Waals surface area contributed by atoms with Crippen LogP contribution in [0.25, 0.3) is 33.4 Å². The first-order valence-electron chi connectivity index (χ1n) is 12.2. The van der Waals surface area contributed by atoms with Gasteiger partial charge in [-0.1, -0.05) is 30.0 Å². The summed E-state index contributed by atoms with van der Waals surface area (Å²) < 4.78 is 10.6. The number of anilines is 1. The Morgan fingerprint density at radius 2 is 1.55 bits per heavy atom. The van der Waals surface area contributed by atoms with Gasteiger partial charge >= 0.3 is 0 Å². The smallest absolute Gasteiger partial charge is 0.225 e. The number of carbonyl (C=O) groups excluding carboxylic acids is 1. The van der Waals surface area contributed by atoms with Crippen molar-refractivity contribution in [3.63, 3.8) is 0 Å². The van der Waals surface area contributed by atoms with Crippen LogP contribution >= 0.6 is 11.8 Å². The number of pyridine rings is 1. The summed E-state index contributed by atoms with van der Waals surface area (Å²) in [7, 11) is 3.30. The number of ether oxygens (including phenoxy) is 2. The number of methoxy groups -OCH3 is 2. The van der Waals surface area contributed by atoms with Crippen molar-refractivity contribution >= 4 is 34.3 Å². The van der Waals surface area contributed by atoms with Gasteiger partial charge in [-0.3, -0.25) is 9.78 Å². The molecule has 1 amide bonds. The summed E-state index contributed by atoms with van der Waals surface area (Å²) in [4.78, 5) is 25.7. The normalized spacial score (nSPS) is 10.9. The maximum atomic E-state index is 12.8. The first-order chi connectivity index (χ1) is 18.5. The number of amides is 1. The predicted octanol–water partition coefficient (Wildman–Crippen LogP) is 6.74. The number of H-pyrrole nitrogens is 1. The number of rotatable bonds is 9. The molecule has 0 aliphatic rings. The lowest BCUT2D eigenvalue weighted by molar-refractivity contribution is -0.115. The topological polar surface area (TPSA) is 89.1 Å². The van der Waals surface area contributed by atoms with E-state index in [-0.39, 0.29) is 5.91 Å². The van der Waals surface area contributed by atoms with Crippen LogP contribution < -0.4 is 14.8 Å². The average Bonchev–Trinajstić information content (AvgIpc) is 3.37. The number of aryl methyl sites for hydroxylation is 1. The summed E-state index contributed by atoms with van der Waals surface area (Å²) >= 11 is 1.52. The fourth-order valence-corrected chi connectivity index (χ4v) is 5.02. The SMILES string of the molecule is COc1ccc(-c2nc(SCCC(=O)Nc3cc(C)nc4ccccc34)[nH]c2-c2ccc(OC)cc2)cc1. The van der Waals surface area contributed by atoms with Crippen molar-refractivity contribution in [2.75, 3.05) is 25.3 Å². The van der Waals surface area contributed by atoms with Crippen molar-refractivity contribution in [3.8, 4) is 34.0 Å². The number of para-hydroxylation sites is 1. The molecular formula is C30H28N4O3S. The maximum absolute atomic E-state index is 12.8. The third-order valence-corrected chi connectivity index (χ3v) is 6.99. The Morgan fingerprint density at radius 1 is 0.895 bits per heavy atom. The van der Waals surface area contributed by atoms with E-state index in [0.29, 0.717) is 12.2 Å². The van der Waals surface area contributed by atoms with Gasteiger partial charge in [0.25, 0.3) is 0 Å². The lowest BCUT2D eigenvalue weighted by Crippen LogP contribution is -2.13. The predicted molar refractivity (Wildman–Crippen MR) is 153 cm³/mol. The van der Waals surface area contributed by atoms with Crippen molar-refractivity contribution < 1.29 is 14.3 Å². The summed E-state index contributed by atoms with van der Waals surface area (Å²) in [5.41, 5.74) is 6.22. The van der Waals surface area contributed by atoms with Gasteiger partial charge in [0.1, 0.15) is 11.5 Å². The lowest BCUT2D eigenvalue weighted by Gasteiger charge is -2.09. The van der Waals surface area contributed by atoms with E-state index in [1.165, 1.54) is 11.8 Å². The van der Waals surface area contributed by atoms with Gasteiger partial charge in [-0.15, -0.1) is 0 Å². The molecule has 0 aliphatic heterocycles. The van der Waals surface area contributed by atoms with Crippen LogP contribution in [0, 0.1) is 6.92 Å². The number of hydrogen-bond donors (Lipinski definition) is 2. The Morgan fingerprint density at radius 3 is 2.24 bits per heavy atom. The number of aromatic nitrogens is 3. The van der Waals surface area contributed by atoms with Gasteiger partial charge in [-0.2, -0.15) is 0 Å². The summed E-state index contributed by atoms with van der Waals surface area (Å²) in [5, 5.41) is 4.73. The molecule has 2 aromatic heterocycles. The van der Waals surface area contributed by atoms with Gasteiger partial charge < -0.3 is 19.8 Å². The Bertz CT molecular complexity index is 1500. The molecule has 0 atom stereocenters. The number of hydrogen-bond acceptors (Lipinski definition) is 6. The van der Waals surface area contributed by atoms with E-state index in [4.69, 9.17) is 14.5 Å². The van der Waals surface area contributed by atoms with Gasteiger partial charge in [0.15, 0.2) is 5.16 Å². The largest absolute Gasteiger partial charge is 0.497 e. The number of benzene rings is 3. The molecule has 2 heterocycles. The number of carbonyl (C=O) groups is 1. The van der Waals surface area contributed by atoms with E-state index >= 15 is 0 Å². The summed E-state index contributed by atoms with van der Waals surface area (Å²) in [6, 6.07) is 25.4. The molecule has 192 valence electrons. The Labute approximate surface area is 225 Å². The minimum Gasteiger partial charge on any atom is -0.497 e. The highest BCUT2D eigenvalue weighted by molar-refractivity contribution is 7.99. The summed E-state index contributed by atoms with van der Waals surface area (Å²) in [5.74, 6) is 2.10. The van der Waals surface area contributed by atoms with Gasteiger partial charge in [-0.05, 0) is 67.6 Å². The second kappa shape index (κ2) is 11.4. The molecule has 0 fully saturated rings. The molecule has 5 rings (SSSR count).